The van der Waals surface area contributed by atoms with E-state index in [1.165, 1.54) is 11.1 Å². The summed E-state index contributed by atoms with van der Waals surface area (Å²) in [5.74, 6) is 1.01. The van der Waals surface area contributed by atoms with Gasteiger partial charge in [0.05, 0.1) is 6.61 Å². The summed E-state index contributed by atoms with van der Waals surface area (Å²) in [5, 5.41) is 0. The molecule has 1 atom stereocenters. The lowest BCUT2D eigenvalue weighted by atomic mass is 10.1. The van der Waals surface area contributed by atoms with Crippen LogP contribution in [0.15, 0.2) is 18.2 Å². The number of aryl methyl sites for hydroxylation is 1. The van der Waals surface area contributed by atoms with Gasteiger partial charge in [0.1, 0.15) is 11.9 Å². The molecule has 1 aliphatic rings. The van der Waals surface area contributed by atoms with E-state index in [1.54, 1.807) is 0 Å². The van der Waals surface area contributed by atoms with Crippen LogP contribution in [0.5, 0.6) is 5.75 Å². The Morgan fingerprint density at radius 2 is 2.35 bits per heavy atom. The molecule has 1 saturated heterocycles. The van der Waals surface area contributed by atoms with Crippen LogP contribution in [0, 0.1) is 6.92 Å². The van der Waals surface area contributed by atoms with Crippen LogP contribution in [0.3, 0.4) is 0 Å². The highest BCUT2D eigenvalue weighted by atomic mass is 16.5. The highest BCUT2D eigenvalue weighted by Gasteiger charge is 2.17. The quantitative estimate of drug-likeness (QED) is 0.868. The van der Waals surface area contributed by atoms with Gasteiger partial charge in [-0.3, -0.25) is 0 Å². The molecule has 1 unspecified atom stereocenters. The van der Waals surface area contributed by atoms with E-state index in [4.69, 9.17) is 15.2 Å². The molecular formula is C14H21NO2. The number of ether oxygens (including phenoxy) is 2. The van der Waals surface area contributed by atoms with Crippen LogP contribution in [0.25, 0.3) is 0 Å². The van der Waals surface area contributed by atoms with Crippen molar-refractivity contribution in [1.29, 1.82) is 0 Å². The minimum atomic E-state index is 0.196. The Balaban J connectivity index is 2.12. The zero-order chi connectivity index (χ0) is 12.1. The molecule has 1 aromatic rings. The van der Waals surface area contributed by atoms with Crippen molar-refractivity contribution in [2.75, 3.05) is 19.8 Å². The summed E-state index contributed by atoms with van der Waals surface area (Å²) in [5.41, 5.74) is 8.02. The van der Waals surface area contributed by atoms with Crippen molar-refractivity contribution < 1.29 is 9.47 Å². The third-order valence-corrected chi connectivity index (χ3v) is 3.11. The molecule has 0 spiro atoms. The van der Waals surface area contributed by atoms with Gasteiger partial charge in [-0.15, -0.1) is 0 Å². The molecule has 3 heteroatoms. The van der Waals surface area contributed by atoms with E-state index in [0.29, 0.717) is 13.2 Å². The van der Waals surface area contributed by atoms with Gasteiger partial charge in [-0.1, -0.05) is 18.2 Å². The molecule has 0 amide bonds. The standard InChI is InChI=1S/C14H21NO2/c1-11-4-2-5-12(7-8-15)14(11)17-13-6-3-9-16-10-13/h2,4-5,13H,3,6-10,15H2,1H3. The van der Waals surface area contributed by atoms with Crippen LogP contribution in [-0.2, 0) is 11.2 Å². The van der Waals surface area contributed by atoms with Crippen molar-refractivity contribution in [2.45, 2.75) is 32.3 Å². The Labute approximate surface area is 103 Å². The fourth-order valence-corrected chi connectivity index (χ4v) is 2.21. The molecule has 0 bridgehead atoms. The Morgan fingerprint density at radius 3 is 3.06 bits per heavy atom. The first kappa shape index (κ1) is 12.4. The predicted octanol–water partition coefficient (Wildman–Crippen LogP) is 2.05. The summed E-state index contributed by atoms with van der Waals surface area (Å²) >= 11 is 0. The minimum absolute atomic E-state index is 0.196. The average Bonchev–Trinajstić information content (AvgIpc) is 2.35. The maximum absolute atomic E-state index is 6.09. The molecule has 17 heavy (non-hydrogen) atoms. The number of para-hydroxylation sites is 1. The number of hydrogen-bond donors (Lipinski definition) is 1. The number of nitrogens with two attached hydrogens (primary N) is 1. The normalized spacial score (nSPS) is 20.2. The van der Waals surface area contributed by atoms with Crippen molar-refractivity contribution in [2.24, 2.45) is 5.73 Å². The molecule has 0 radical (unpaired) electrons. The topological polar surface area (TPSA) is 44.5 Å². The van der Waals surface area contributed by atoms with Gasteiger partial charge in [-0.05, 0) is 43.9 Å². The van der Waals surface area contributed by atoms with E-state index < -0.39 is 0 Å². The Hall–Kier alpha value is -1.06. The van der Waals surface area contributed by atoms with Gasteiger partial charge in [0.15, 0.2) is 0 Å². The van der Waals surface area contributed by atoms with E-state index >= 15 is 0 Å². The van der Waals surface area contributed by atoms with Crippen LogP contribution < -0.4 is 10.5 Å². The highest BCUT2D eigenvalue weighted by Crippen LogP contribution is 2.26. The molecule has 1 fully saturated rings. The van der Waals surface area contributed by atoms with Crippen LogP contribution in [-0.4, -0.2) is 25.9 Å². The average molecular weight is 235 g/mol. The van der Waals surface area contributed by atoms with Gasteiger partial charge in [-0.2, -0.15) is 0 Å². The molecule has 94 valence electrons. The molecule has 1 aromatic carbocycles. The summed E-state index contributed by atoms with van der Waals surface area (Å²) in [4.78, 5) is 0. The fourth-order valence-electron chi connectivity index (χ4n) is 2.21. The number of hydrogen-bond acceptors (Lipinski definition) is 3. The largest absolute Gasteiger partial charge is 0.487 e. The molecule has 2 rings (SSSR count). The smallest absolute Gasteiger partial charge is 0.125 e. The first-order valence-electron chi connectivity index (χ1n) is 6.34. The van der Waals surface area contributed by atoms with Crippen LogP contribution in [0.1, 0.15) is 24.0 Å². The van der Waals surface area contributed by atoms with Crippen molar-refractivity contribution in [3.8, 4) is 5.75 Å². The summed E-state index contributed by atoms with van der Waals surface area (Å²) < 4.78 is 11.5. The predicted molar refractivity (Wildman–Crippen MR) is 68.4 cm³/mol. The van der Waals surface area contributed by atoms with Crippen molar-refractivity contribution in [1.82, 2.24) is 0 Å². The maximum atomic E-state index is 6.09. The van der Waals surface area contributed by atoms with E-state index in [1.807, 2.05) is 0 Å². The van der Waals surface area contributed by atoms with E-state index in [9.17, 15) is 0 Å². The van der Waals surface area contributed by atoms with Crippen molar-refractivity contribution >= 4 is 0 Å². The Kier molecular flexibility index (Phi) is 4.40. The first-order valence-corrected chi connectivity index (χ1v) is 6.34. The Morgan fingerprint density at radius 1 is 1.47 bits per heavy atom. The molecule has 2 N–H and O–H groups in total. The summed E-state index contributed by atoms with van der Waals surface area (Å²) in [6, 6.07) is 6.24. The molecule has 0 saturated carbocycles. The third kappa shape index (κ3) is 3.20. The second-order valence-corrected chi connectivity index (χ2v) is 4.56. The second-order valence-electron chi connectivity index (χ2n) is 4.56. The van der Waals surface area contributed by atoms with Gasteiger partial charge >= 0.3 is 0 Å². The zero-order valence-corrected chi connectivity index (χ0v) is 10.4. The van der Waals surface area contributed by atoms with Crippen molar-refractivity contribution in [3.05, 3.63) is 29.3 Å². The molecule has 0 aliphatic carbocycles. The van der Waals surface area contributed by atoms with E-state index in [-0.39, 0.29) is 6.10 Å². The molecule has 0 aromatic heterocycles. The summed E-state index contributed by atoms with van der Waals surface area (Å²) in [7, 11) is 0. The molecule has 3 nitrogen and oxygen atoms in total. The summed E-state index contributed by atoms with van der Waals surface area (Å²) in [6.45, 7) is 4.31. The minimum Gasteiger partial charge on any atom is -0.487 e. The van der Waals surface area contributed by atoms with Crippen molar-refractivity contribution in [3.63, 3.8) is 0 Å². The van der Waals surface area contributed by atoms with E-state index in [0.717, 1.165) is 31.6 Å². The second kappa shape index (κ2) is 6.03. The first-order chi connectivity index (χ1) is 8.31. The lowest BCUT2D eigenvalue weighted by Crippen LogP contribution is -2.28. The van der Waals surface area contributed by atoms with Crippen LogP contribution in [0.2, 0.25) is 0 Å². The van der Waals surface area contributed by atoms with Crippen LogP contribution >= 0.6 is 0 Å². The molecule has 1 aliphatic heterocycles. The molecular weight excluding hydrogens is 214 g/mol. The lowest BCUT2D eigenvalue weighted by Gasteiger charge is -2.25. The maximum Gasteiger partial charge on any atom is 0.125 e. The monoisotopic (exact) mass is 235 g/mol. The SMILES string of the molecule is Cc1cccc(CCN)c1OC1CCCOC1. The third-order valence-electron chi connectivity index (χ3n) is 3.11. The molecule has 1 heterocycles. The fraction of sp³-hybridized carbons (Fsp3) is 0.571. The van der Waals surface area contributed by atoms with Gasteiger partial charge in [0.2, 0.25) is 0 Å². The van der Waals surface area contributed by atoms with E-state index in [2.05, 4.69) is 25.1 Å². The number of benzene rings is 1. The van der Waals surface area contributed by atoms with Gasteiger partial charge in [-0.25, -0.2) is 0 Å². The van der Waals surface area contributed by atoms with Crippen LogP contribution in [0.4, 0.5) is 0 Å². The summed E-state index contributed by atoms with van der Waals surface area (Å²) in [6.07, 6.45) is 3.23. The van der Waals surface area contributed by atoms with Gasteiger partial charge < -0.3 is 15.2 Å². The zero-order valence-electron chi connectivity index (χ0n) is 10.4. The lowest BCUT2D eigenvalue weighted by molar-refractivity contribution is 0.00677. The highest BCUT2D eigenvalue weighted by molar-refractivity contribution is 5.41. The Bertz CT molecular complexity index is 359. The van der Waals surface area contributed by atoms with Gasteiger partial charge in [0.25, 0.3) is 0 Å². The van der Waals surface area contributed by atoms with Gasteiger partial charge in [0, 0.05) is 6.61 Å². The number of rotatable bonds is 4.